The lowest BCUT2D eigenvalue weighted by Gasteiger charge is -2.23. The lowest BCUT2D eigenvalue weighted by molar-refractivity contribution is -0.131. The molecular formula is C20H18ClFN4O2S. The maximum absolute atomic E-state index is 13.2. The van der Waals surface area contributed by atoms with Crippen molar-refractivity contribution in [1.82, 2.24) is 20.2 Å². The third kappa shape index (κ3) is 4.54. The average molecular weight is 433 g/mol. The smallest absolute Gasteiger partial charge is 0.268 e. The number of thioether (sulfide) groups is 1. The number of carbonyl (C=O) groups is 2. The van der Waals surface area contributed by atoms with Crippen LogP contribution in [0.1, 0.15) is 16.1 Å². The van der Waals surface area contributed by atoms with Crippen LogP contribution in [0.25, 0.3) is 10.9 Å². The normalized spacial score (nSPS) is 14.9. The Bertz CT molecular complexity index is 1050. The Balaban J connectivity index is 1.56. The first-order valence-electron chi connectivity index (χ1n) is 9.06. The Morgan fingerprint density at radius 2 is 2.10 bits per heavy atom. The zero-order valence-corrected chi connectivity index (χ0v) is 16.9. The van der Waals surface area contributed by atoms with Gasteiger partial charge in [0.15, 0.2) is 0 Å². The zero-order valence-electron chi connectivity index (χ0n) is 15.3. The molecule has 0 unspecified atom stereocenters. The van der Waals surface area contributed by atoms with Crippen LogP contribution in [0.2, 0.25) is 5.15 Å². The minimum atomic E-state index is -0.750. The summed E-state index contributed by atoms with van der Waals surface area (Å²) < 4.78 is 13.2. The number of hydrogen-bond acceptors (Lipinski definition) is 4. The van der Waals surface area contributed by atoms with Gasteiger partial charge < -0.3 is 15.2 Å². The molecule has 0 spiro atoms. The van der Waals surface area contributed by atoms with Gasteiger partial charge in [-0.15, -0.1) is 11.8 Å². The summed E-state index contributed by atoms with van der Waals surface area (Å²) in [4.78, 5) is 34.5. The molecule has 150 valence electrons. The largest absolute Gasteiger partial charge is 0.349 e. The molecule has 1 aromatic carbocycles. The van der Waals surface area contributed by atoms with Crippen LogP contribution in [0.5, 0.6) is 0 Å². The summed E-state index contributed by atoms with van der Waals surface area (Å²) in [5.74, 6) is 0.587. The van der Waals surface area contributed by atoms with Gasteiger partial charge in [-0.2, -0.15) is 0 Å². The van der Waals surface area contributed by atoms with Crippen LogP contribution < -0.4 is 5.32 Å². The standard InChI is InChI=1S/C20H18ClFN4O2S/c21-18-9-13-8-15(24-17(13)10-23-18)19(27)25-16(20(28)26-5-6-29-11-26)7-12-1-3-14(22)4-2-12/h1-4,8-10,16,24H,5-7,11H2,(H,25,27)/t16-/m0/s1. The molecule has 3 aromatic rings. The number of nitrogens with one attached hydrogen (secondary N) is 2. The average Bonchev–Trinajstić information content (AvgIpc) is 3.38. The van der Waals surface area contributed by atoms with E-state index in [0.717, 1.165) is 16.7 Å². The highest BCUT2D eigenvalue weighted by molar-refractivity contribution is 7.99. The minimum absolute atomic E-state index is 0.145. The summed E-state index contributed by atoms with van der Waals surface area (Å²) in [5, 5.41) is 3.92. The van der Waals surface area contributed by atoms with E-state index in [4.69, 9.17) is 11.6 Å². The molecule has 1 aliphatic rings. The van der Waals surface area contributed by atoms with E-state index in [-0.39, 0.29) is 18.1 Å². The number of carbonyl (C=O) groups excluding carboxylic acids is 2. The Hall–Kier alpha value is -2.58. The molecule has 6 nitrogen and oxygen atoms in total. The molecule has 0 bridgehead atoms. The molecule has 2 N–H and O–H groups in total. The topological polar surface area (TPSA) is 78.1 Å². The van der Waals surface area contributed by atoms with E-state index in [9.17, 15) is 14.0 Å². The first-order chi connectivity index (χ1) is 14.0. The van der Waals surface area contributed by atoms with E-state index in [2.05, 4.69) is 15.3 Å². The first kappa shape index (κ1) is 19.7. The number of H-pyrrole nitrogens is 1. The predicted octanol–water partition coefficient (Wildman–Crippen LogP) is 3.23. The Labute approximate surface area is 175 Å². The molecule has 1 aliphatic heterocycles. The van der Waals surface area contributed by atoms with E-state index in [1.807, 2.05) is 0 Å². The number of pyridine rings is 1. The second-order valence-corrected chi connectivity index (χ2v) is 8.23. The number of amides is 2. The van der Waals surface area contributed by atoms with Gasteiger partial charge in [0.05, 0.1) is 17.6 Å². The van der Waals surface area contributed by atoms with Crippen molar-refractivity contribution in [3.05, 3.63) is 64.8 Å². The molecule has 1 saturated heterocycles. The van der Waals surface area contributed by atoms with Gasteiger partial charge >= 0.3 is 0 Å². The van der Waals surface area contributed by atoms with Crippen molar-refractivity contribution in [3.63, 3.8) is 0 Å². The SMILES string of the molecule is O=C(N[C@@H](Cc1ccc(F)cc1)C(=O)N1CCSC1)c1cc2cc(Cl)ncc2[nH]1. The Morgan fingerprint density at radius 1 is 1.31 bits per heavy atom. The van der Waals surface area contributed by atoms with Gasteiger partial charge in [0, 0.05) is 24.1 Å². The van der Waals surface area contributed by atoms with Crippen LogP contribution in [-0.4, -0.2) is 50.9 Å². The van der Waals surface area contributed by atoms with E-state index >= 15 is 0 Å². The first-order valence-corrected chi connectivity index (χ1v) is 10.6. The Morgan fingerprint density at radius 3 is 2.83 bits per heavy atom. The molecule has 3 heterocycles. The summed E-state index contributed by atoms with van der Waals surface area (Å²) in [6.45, 7) is 0.649. The monoisotopic (exact) mass is 432 g/mol. The van der Waals surface area contributed by atoms with Gasteiger partial charge in [-0.05, 0) is 29.8 Å². The van der Waals surface area contributed by atoms with Crippen molar-refractivity contribution in [2.75, 3.05) is 18.2 Å². The molecule has 1 atom stereocenters. The van der Waals surface area contributed by atoms with Crippen LogP contribution in [0.3, 0.4) is 0 Å². The summed E-state index contributed by atoms with van der Waals surface area (Å²) in [7, 11) is 0. The number of aromatic nitrogens is 2. The lowest BCUT2D eigenvalue weighted by atomic mass is 10.0. The van der Waals surface area contributed by atoms with Gasteiger partial charge in [-0.25, -0.2) is 9.37 Å². The molecule has 1 fully saturated rings. The molecule has 0 aliphatic carbocycles. The van der Waals surface area contributed by atoms with Gasteiger partial charge in [-0.1, -0.05) is 23.7 Å². The van der Waals surface area contributed by atoms with Crippen molar-refractivity contribution in [1.29, 1.82) is 0 Å². The van der Waals surface area contributed by atoms with Crippen LogP contribution in [0, 0.1) is 5.82 Å². The van der Waals surface area contributed by atoms with Gasteiger partial charge in [-0.3, -0.25) is 9.59 Å². The maximum Gasteiger partial charge on any atom is 0.268 e. The highest BCUT2D eigenvalue weighted by Crippen LogP contribution is 2.19. The molecule has 0 radical (unpaired) electrons. The van der Waals surface area contributed by atoms with Crippen LogP contribution in [-0.2, 0) is 11.2 Å². The van der Waals surface area contributed by atoms with Gasteiger partial charge in [0.25, 0.3) is 5.91 Å². The fourth-order valence-corrected chi connectivity index (χ4v) is 4.35. The van der Waals surface area contributed by atoms with Gasteiger partial charge in [0.1, 0.15) is 22.7 Å². The lowest BCUT2D eigenvalue weighted by Crippen LogP contribution is -2.49. The Kier molecular flexibility index (Phi) is 5.73. The second-order valence-electron chi connectivity index (χ2n) is 6.77. The summed E-state index contributed by atoms with van der Waals surface area (Å²) in [5.41, 5.74) is 1.76. The third-order valence-electron chi connectivity index (χ3n) is 4.74. The van der Waals surface area contributed by atoms with Crippen LogP contribution in [0.15, 0.2) is 42.6 Å². The second kappa shape index (κ2) is 8.42. The summed E-state index contributed by atoms with van der Waals surface area (Å²) in [6, 6.07) is 8.52. The summed E-state index contributed by atoms with van der Waals surface area (Å²) >= 11 is 7.58. The van der Waals surface area contributed by atoms with Crippen molar-refractivity contribution in [2.45, 2.75) is 12.5 Å². The number of hydrogen-bond donors (Lipinski definition) is 2. The number of halogens is 2. The fraction of sp³-hybridized carbons (Fsp3) is 0.250. The minimum Gasteiger partial charge on any atom is -0.349 e. The molecule has 9 heteroatoms. The van der Waals surface area contributed by atoms with Gasteiger partial charge in [0.2, 0.25) is 5.91 Å². The zero-order chi connectivity index (χ0) is 20.4. The molecule has 4 rings (SSSR count). The van der Waals surface area contributed by atoms with E-state index in [1.165, 1.54) is 12.1 Å². The molecule has 2 amide bonds. The number of nitrogens with zero attached hydrogens (tertiary/aromatic N) is 2. The number of rotatable bonds is 5. The number of benzene rings is 1. The predicted molar refractivity (Wildman–Crippen MR) is 111 cm³/mol. The highest BCUT2D eigenvalue weighted by Gasteiger charge is 2.29. The maximum atomic E-state index is 13.2. The molecule has 0 saturated carbocycles. The third-order valence-corrected chi connectivity index (χ3v) is 5.91. The van der Waals surface area contributed by atoms with E-state index < -0.39 is 11.9 Å². The summed E-state index contributed by atoms with van der Waals surface area (Å²) in [6.07, 6.45) is 1.83. The number of fused-ring (bicyclic) bond motifs is 1. The molecular weight excluding hydrogens is 415 g/mol. The van der Waals surface area contributed by atoms with Crippen molar-refractivity contribution < 1.29 is 14.0 Å². The number of aromatic amines is 1. The fourth-order valence-electron chi connectivity index (χ4n) is 3.23. The van der Waals surface area contributed by atoms with Crippen molar-refractivity contribution >= 4 is 46.1 Å². The highest BCUT2D eigenvalue weighted by atomic mass is 35.5. The van der Waals surface area contributed by atoms with E-state index in [0.29, 0.717) is 28.8 Å². The van der Waals surface area contributed by atoms with E-state index in [1.54, 1.807) is 47.1 Å². The van der Waals surface area contributed by atoms with Crippen LogP contribution >= 0.6 is 23.4 Å². The molecule has 2 aromatic heterocycles. The molecule has 29 heavy (non-hydrogen) atoms. The van der Waals surface area contributed by atoms with Crippen molar-refractivity contribution in [3.8, 4) is 0 Å². The quantitative estimate of drug-likeness (QED) is 0.607. The van der Waals surface area contributed by atoms with Crippen molar-refractivity contribution in [2.24, 2.45) is 0 Å². The van der Waals surface area contributed by atoms with Crippen LogP contribution in [0.4, 0.5) is 4.39 Å².